The Morgan fingerprint density at radius 3 is 2.78 bits per heavy atom. The van der Waals surface area contributed by atoms with E-state index in [0.717, 1.165) is 18.4 Å². The van der Waals surface area contributed by atoms with Gasteiger partial charge in [-0.1, -0.05) is 23.7 Å². The van der Waals surface area contributed by atoms with E-state index in [1.54, 1.807) is 4.90 Å². The molecular weight excluding hydrogens is 252 g/mol. The largest absolute Gasteiger partial charge is 0.447 e. The average Bonchev–Trinajstić information content (AvgIpc) is 2.71. The summed E-state index contributed by atoms with van der Waals surface area (Å²) < 4.78 is 5.09. The zero-order chi connectivity index (χ0) is 13.0. The molecular formula is C13H17ClN2O2. The summed E-state index contributed by atoms with van der Waals surface area (Å²) in [4.78, 5) is 13.4. The second-order valence-electron chi connectivity index (χ2n) is 4.42. The first-order valence-electron chi connectivity index (χ1n) is 6.08. The third-order valence-electron chi connectivity index (χ3n) is 3.08. The van der Waals surface area contributed by atoms with E-state index in [0.29, 0.717) is 24.7 Å². The zero-order valence-electron chi connectivity index (χ0n) is 10.1. The molecule has 0 bridgehead atoms. The van der Waals surface area contributed by atoms with E-state index >= 15 is 0 Å². The molecule has 2 N–H and O–H groups in total. The van der Waals surface area contributed by atoms with Gasteiger partial charge in [0.1, 0.15) is 6.61 Å². The Labute approximate surface area is 112 Å². The number of carbonyl (C=O) groups excluding carboxylic acids is 1. The van der Waals surface area contributed by atoms with E-state index < -0.39 is 0 Å². The summed E-state index contributed by atoms with van der Waals surface area (Å²) in [7, 11) is 0. The fourth-order valence-corrected chi connectivity index (χ4v) is 2.19. The number of benzene rings is 1. The SMILES string of the molecule is NCCCC1COC(=O)N1Cc1ccc(Cl)cc1. The number of halogens is 1. The molecule has 1 aromatic rings. The molecule has 5 heteroatoms. The lowest BCUT2D eigenvalue weighted by atomic mass is 10.1. The second kappa shape index (κ2) is 6.07. The Balaban J connectivity index is 2.00. The first-order valence-corrected chi connectivity index (χ1v) is 6.46. The topological polar surface area (TPSA) is 55.6 Å². The fraction of sp³-hybridized carbons (Fsp3) is 0.462. The first kappa shape index (κ1) is 13.2. The van der Waals surface area contributed by atoms with E-state index in [2.05, 4.69) is 0 Å². The van der Waals surface area contributed by atoms with Crippen LogP contribution in [0.25, 0.3) is 0 Å². The van der Waals surface area contributed by atoms with Gasteiger partial charge in [0.25, 0.3) is 0 Å². The van der Waals surface area contributed by atoms with Gasteiger partial charge in [-0.05, 0) is 37.1 Å². The molecule has 0 aliphatic carbocycles. The molecule has 1 amide bonds. The predicted molar refractivity (Wildman–Crippen MR) is 70.4 cm³/mol. The third-order valence-corrected chi connectivity index (χ3v) is 3.33. The van der Waals surface area contributed by atoms with Gasteiger partial charge in [-0.15, -0.1) is 0 Å². The molecule has 0 spiro atoms. The van der Waals surface area contributed by atoms with Crippen molar-refractivity contribution in [3.63, 3.8) is 0 Å². The molecule has 0 radical (unpaired) electrons. The Hall–Kier alpha value is -1.26. The molecule has 4 nitrogen and oxygen atoms in total. The Morgan fingerprint density at radius 1 is 1.39 bits per heavy atom. The predicted octanol–water partition coefficient (Wildman–Crippen LogP) is 2.40. The van der Waals surface area contributed by atoms with Gasteiger partial charge in [0.05, 0.1) is 6.04 Å². The summed E-state index contributed by atoms with van der Waals surface area (Å²) in [6.07, 6.45) is 1.54. The molecule has 1 atom stereocenters. The van der Waals surface area contributed by atoms with Gasteiger partial charge in [0.2, 0.25) is 0 Å². The van der Waals surface area contributed by atoms with Crippen LogP contribution in [0.5, 0.6) is 0 Å². The first-order chi connectivity index (χ1) is 8.70. The molecule has 18 heavy (non-hydrogen) atoms. The van der Waals surface area contributed by atoms with Crippen molar-refractivity contribution < 1.29 is 9.53 Å². The van der Waals surface area contributed by atoms with Crippen LogP contribution < -0.4 is 5.73 Å². The van der Waals surface area contributed by atoms with E-state index in [9.17, 15) is 4.79 Å². The number of cyclic esters (lactones) is 1. The Kier molecular flexibility index (Phi) is 4.44. The Morgan fingerprint density at radius 2 is 2.11 bits per heavy atom. The van der Waals surface area contributed by atoms with E-state index in [-0.39, 0.29) is 12.1 Å². The van der Waals surface area contributed by atoms with Crippen molar-refractivity contribution in [2.24, 2.45) is 5.73 Å². The highest BCUT2D eigenvalue weighted by Crippen LogP contribution is 2.20. The van der Waals surface area contributed by atoms with Gasteiger partial charge in [0.15, 0.2) is 0 Å². The normalized spacial score (nSPS) is 19.1. The quantitative estimate of drug-likeness (QED) is 0.892. The second-order valence-corrected chi connectivity index (χ2v) is 4.85. The number of hydrogen-bond donors (Lipinski definition) is 1. The molecule has 98 valence electrons. The monoisotopic (exact) mass is 268 g/mol. The highest BCUT2D eigenvalue weighted by Gasteiger charge is 2.32. The summed E-state index contributed by atoms with van der Waals surface area (Å²) in [6.45, 7) is 1.66. The van der Waals surface area contributed by atoms with E-state index in [4.69, 9.17) is 22.1 Å². The number of carbonyl (C=O) groups is 1. The van der Waals surface area contributed by atoms with Crippen LogP contribution in [0.4, 0.5) is 4.79 Å². The number of nitrogens with zero attached hydrogens (tertiary/aromatic N) is 1. The van der Waals surface area contributed by atoms with Gasteiger partial charge < -0.3 is 10.5 Å². The zero-order valence-corrected chi connectivity index (χ0v) is 10.9. The Bertz CT molecular complexity index is 408. The van der Waals surface area contributed by atoms with Crippen molar-refractivity contribution in [1.29, 1.82) is 0 Å². The van der Waals surface area contributed by atoms with Crippen molar-refractivity contribution in [2.75, 3.05) is 13.2 Å². The molecule has 1 fully saturated rings. The van der Waals surface area contributed by atoms with Crippen molar-refractivity contribution in [3.8, 4) is 0 Å². The molecule has 0 aromatic heterocycles. The number of amides is 1. The summed E-state index contributed by atoms with van der Waals surface area (Å²) in [5.74, 6) is 0. The number of ether oxygens (including phenoxy) is 1. The minimum Gasteiger partial charge on any atom is -0.447 e. The maximum Gasteiger partial charge on any atom is 0.410 e. The molecule has 1 aromatic carbocycles. The van der Waals surface area contributed by atoms with Gasteiger partial charge >= 0.3 is 6.09 Å². The van der Waals surface area contributed by atoms with Crippen LogP contribution >= 0.6 is 11.6 Å². The lowest BCUT2D eigenvalue weighted by Crippen LogP contribution is -2.33. The van der Waals surface area contributed by atoms with Gasteiger partial charge in [-0.3, -0.25) is 4.90 Å². The summed E-state index contributed by atoms with van der Waals surface area (Å²) in [5, 5.41) is 0.697. The lowest BCUT2D eigenvalue weighted by molar-refractivity contribution is 0.156. The van der Waals surface area contributed by atoms with Crippen molar-refractivity contribution in [2.45, 2.75) is 25.4 Å². The van der Waals surface area contributed by atoms with Crippen LogP contribution in [0.1, 0.15) is 18.4 Å². The number of hydrogen-bond acceptors (Lipinski definition) is 3. The van der Waals surface area contributed by atoms with Crippen LogP contribution in [0, 0.1) is 0 Å². The lowest BCUT2D eigenvalue weighted by Gasteiger charge is -2.21. The van der Waals surface area contributed by atoms with Gasteiger partial charge in [-0.2, -0.15) is 0 Å². The average molecular weight is 269 g/mol. The highest BCUT2D eigenvalue weighted by atomic mass is 35.5. The molecule has 1 unspecified atom stereocenters. The van der Waals surface area contributed by atoms with Crippen LogP contribution in [0.15, 0.2) is 24.3 Å². The third kappa shape index (κ3) is 3.15. The molecule has 1 aliphatic rings. The van der Waals surface area contributed by atoms with Gasteiger partial charge in [-0.25, -0.2) is 4.79 Å². The maximum absolute atomic E-state index is 11.7. The smallest absolute Gasteiger partial charge is 0.410 e. The number of rotatable bonds is 5. The van der Waals surface area contributed by atoms with E-state index in [1.165, 1.54) is 0 Å². The van der Waals surface area contributed by atoms with Crippen molar-refractivity contribution in [3.05, 3.63) is 34.9 Å². The van der Waals surface area contributed by atoms with Crippen LogP contribution in [0.3, 0.4) is 0 Å². The highest BCUT2D eigenvalue weighted by molar-refractivity contribution is 6.30. The molecule has 1 heterocycles. The molecule has 1 saturated heterocycles. The van der Waals surface area contributed by atoms with Crippen molar-refractivity contribution in [1.82, 2.24) is 4.90 Å². The summed E-state index contributed by atoms with van der Waals surface area (Å²) in [6, 6.07) is 7.64. The van der Waals surface area contributed by atoms with Crippen molar-refractivity contribution >= 4 is 17.7 Å². The maximum atomic E-state index is 11.7. The number of nitrogens with two attached hydrogens (primary N) is 1. The van der Waals surface area contributed by atoms with E-state index in [1.807, 2.05) is 24.3 Å². The minimum atomic E-state index is -0.244. The molecule has 2 rings (SSSR count). The minimum absolute atomic E-state index is 0.136. The summed E-state index contributed by atoms with van der Waals surface area (Å²) >= 11 is 5.84. The molecule has 0 saturated carbocycles. The molecule has 1 aliphatic heterocycles. The van der Waals surface area contributed by atoms with Crippen LogP contribution in [-0.2, 0) is 11.3 Å². The fourth-order valence-electron chi connectivity index (χ4n) is 2.06. The van der Waals surface area contributed by atoms with Gasteiger partial charge in [0, 0.05) is 11.6 Å². The standard InChI is InChI=1S/C13H17ClN2O2/c14-11-5-3-10(4-6-11)8-16-12(2-1-7-15)9-18-13(16)17/h3-6,12H,1-2,7-9,15H2. The summed E-state index contributed by atoms with van der Waals surface area (Å²) in [5.41, 5.74) is 6.55. The van der Waals surface area contributed by atoms with Crippen LogP contribution in [-0.4, -0.2) is 30.2 Å². The van der Waals surface area contributed by atoms with Crippen LogP contribution in [0.2, 0.25) is 5.02 Å².